The fraction of sp³-hybridized carbons (Fsp3) is 0.786. The van der Waals surface area contributed by atoms with Gasteiger partial charge in [0.15, 0.2) is 0 Å². The van der Waals surface area contributed by atoms with Crippen LogP contribution in [0.3, 0.4) is 0 Å². The number of amides is 2. The molecule has 0 spiro atoms. The lowest BCUT2D eigenvalue weighted by atomic mass is 10.2. The third-order valence-electron chi connectivity index (χ3n) is 3.65. The summed E-state index contributed by atoms with van der Waals surface area (Å²) in [7, 11) is 1.68. The molecule has 0 unspecified atom stereocenters. The lowest BCUT2D eigenvalue weighted by Crippen LogP contribution is -2.44. The average Bonchev–Trinajstić information content (AvgIpc) is 2.54. The van der Waals surface area contributed by atoms with Gasteiger partial charge in [-0.1, -0.05) is 23.3 Å². The standard InChI is InChI=1S/C14H24N4O3S2/c1-11(2)18-9-12(22-10-13(18)19)15-21-14(20)16(3)23-17-7-5-4-6-8-17/h11H,4-10H2,1-3H3. The van der Waals surface area contributed by atoms with E-state index in [9.17, 15) is 9.59 Å². The first-order chi connectivity index (χ1) is 11.0. The summed E-state index contributed by atoms with van der Waals surface area (Å²) in [6, 6.07) is 0.113. The molecule has 0 aromatic heterocycles. The van der Waals surface area contributed by atoms with Gasteiger partial charge in [-0.2, -0.15) is 0 Å². The molecule has 0 aromatic carbocycles. The molecule has 0 N–H and O–H groups in total. The van der Waals surface area contributed by atoms with Crippen LogP contribution in [0.25, 0.3) is 0 Å². The topological polar surface area (TPSA) is 65.5 Å². The number of oxime groups is 1. The minimum absolute atomic E-state index is 0.0908. The highest BCUT2D eigenvalue weighted by Crippen LogP contribution is 2.21. The minimum Gasteiger partial charge on any atom is -0.333 e. The van der Waals surface area contributed by atoms with Crippen LogP contribution in [0.15, 0.2) is 5.16 Å². The van der Waals surface area contributed by atoms with Gasteiger partial charge in [-0.25, -0.2) is 13.4 Å². The van der Waals surface area contributed by atoms with E-state index in [-0.39, 0.29) is 11.9 Å². The molecule has 2 saturated heterocycles. The Morgan fingerprint density at radius 1 is 1.35 bits per heavy atom. The molecule has 2 aliphatic rings. The van der Waals surface area contributed by atoms with Crippen LogP contribution in [0.1, 0.15) is 33.1 Å². The minimum atomic E-state index is -0.498. The number of hydrogen-bond donors (Lipinski definition) is 0. The summed E-state index contributed by atoms with van der Waals surface area (Å²) in [5.41, 5.74) is 0. The first-order valence-corrected chi connectivity index (χ1v) is 9.56. The Balaban J connectivity index is 1.81. The molecule has 0 bridgehead atoms. The van der Waals surface area contributed by atoms with Crippen molar-refractivity contribution in [1.82, 2.24) is 13.5 Å². The van der Waals surface area contributed by atoms with E-state index in [0.29, 0.717) is 17.3 Å². The molecule has 0 aliphatic carbocycles. The van der Waals surface area contributed by atoms with E-state index in [2.05, 4.69) is 9.46 Å². The van der Waals surface area contributed by atoms with Gasteiger partial charge in [0.25, 0.3) is 0 Å². The molecule has 0 saturated carbocycles. The van der Waals surface area contributed by atoms with E-state index in [1.807, 2.05) is 13.8 Å². The van der Waals surface area contributed by atoms with Crippen LogP contribution >= 0.6 is 23.9 Å². The molecule has 9 heteroatoms. The molecule has 0 radical (unpaired) electrons. The first kappa shape index (κ1) is 18.4. The molecule has 2 fully saturated rings. The molecule has 0 aromatic rings. The predicted molar refractivity (Wildman–Crippen MR) is 94.0 cm³/mol. The molecule has 2 heterocycles. The maximum absolute atomic E-state index is 12.0. The fourth-order valence-corrected chi connectivity index (χ4v) is 3.98. The Bertz CT molecular complexity index is 467. The maximum Gasteiger partial charge on any atom is 0.446 e. The molecular weight excluding hydrogens is 336 g/mol. The molecule has 2 rings (SSSR count). The zero-order valence-electron chi connectivity index (χ0n) is 13.9. The van der Waals surface area contributed by atoms with Crippen LogP contribution < -0.4 is 0 Å². The summed E-state index contributed by atoms with van der Waals surface area (Å²) < 4.78 is 3.61. The first-order valence-electron chi connectivity index (χ1n) is 7.84. The Kier molecular flexibility index (Phi) is 7.04. The number of rotatable bonds is 4. The summed E-state index contributed by atoms with van der Waals surface area (Å²) in [4.78, 5) is 30.5. The second-order valence-electron chi connectivity index (χ2n) is 5.82. The van der Waals surface area contributed by atoms with Gasteiger partial charge in [-0.3, -0.25) is 9.63 Å². The zero-order valence-corrected chi connectivity index (χ0v) is 15.5. The van der Waals surface area contributed by atoms with Crippen molar-refractivity contribution in [3.8, 4) is 0 Å². The molecule has 7 nitrogen and oxygen atoms in total. The number of piperidine rings is 1. The van der Waals surface area contributed by atoms with Crippen molar-refractivity contribution in [2.45, 2.75) is 39.2 Å². The number of thioether (sulfide) groups is 1. The van der Waals surface area contributed by atoms with Gasteiger partial charge in [0.2, 0.25) is 5.91 Å². The molecule has 23 heavy (non-hydrogen) atoms. The SMILES string of the molecule is CC(C)N1CC(=NOC(=O)N(C)SN2CCCCC2)SCC1=O. The van der Waals surface area contributed by atoms with Crippen molar-refractivity contribution < 1.29 is 14.4 Å². The summed E-state index contributed by atoms with van der Waals surface area (Å²) in [6.07, 6.45) is 3.07. The second kappa shape index (κ2) is 8.79. The van der Waals surface area contributed by atoms with Crippen LogP contribution in [0.4, 0.5) is 4.79 Å². The van der Waals surface area contributed by atoms with Crippen LogP contribution in [0.2, 0.25) is 0 Å². The van der Waals surface area contributed by atoms with E-state index < -0.39 is 6.09 Å². The summed E-state index contributed by atoms with van der Waals surface area (Å²) in [6.45, 7) is 6.29. The van der Waals surface area contributed by atoms with Crippen molar-refractivity contribution >= 4 is 40.9 Å². The van der Waals surface area contributed by atoms with Crippen LogP contribution in [0, 0.1) is 0 Å². The number of carbonyl (C=O) groups is 2. The van der Waals surface area contributed by atoms with E-state index in [0.717, 1.165) is 25.9 Å². The lowest BCUT2D eigenvalue weighted by Gasteiger charge is -2.30. The van der Waals surface area contributed by atoms with Crippen molar-refractivity contribution in [2.24, 2.45) is 5.16 Å². The van der Waals surface area contributed by atoms with Crippen LogP contribution in [-0.2, 0) is 9.63 Å². The zero-order chi connectivity index (χ0) is 16.8. The highest BCUT2D eigenvalue weighted by atomic mass is 32.2. The van der Waals surface area contributed by atoms with Gasteiger partial charge in [-0.15, -0.1) is 0 Å². The smallest absolute Gasteiger partial charge is 0.333 e. The molecule has 0 atom stereocenters. The highest BCUT2D eigenvalue weighted by Gasteiger charge is 2.26. The number of hydrogen-bond acceptors (Lipinski definition) is 7. The van der Waals surface area contributed by atoms with Crippen LogP contribution in [0.5, 0.6) is 0 Å². The van der Waals surface area contributed by atoms with Crippen molar-refractivity contribution in [3.63, 3.8) is 0 Å². The summed E-state index contributed by atoms with van der Waals surface area (Å²) in [5.74, 6) is 0.431. The fourth-order valence-electron chi connectivity index (χ4n) is 2.33. The van der Waals surface area contributed by atoms with E-state index in [4.69, 9.17) is 4.84 Å². The van der Waals surface area contributed by atoms with Gasteiger partial charge in [0, 0.05) is 38.3 Å². The summed E-state index contributed by atoms with van der Waals surface area (Å²) in [5, 5.41) is 4.58. The second-order valence-corrected chi connectivity index (χ2v) is 8.09. The quantitative estimate of drug-likeness (QED) is 0.436. The van der Waals surface area contributed by atoms with Crippen molar-refractivity contribution in [1.29, 1.82) is 0 Å². The van der Waals surface area contributed by atoms with Gasteiger partial charge in [0.1, 0.15) is 5.04 Å². The third kappa shape index (κ3) is 5.58. The normalized spacial score (nSPS) is 21.8. The molecule has 130 valence electrons. The molecule has 2 aliphatic heterocycles. The summed E-state index contributed by atoms with van der Waals surface area (Å²) >= 11 is 2.70. The van der Waals surface area contributed by atoms with E-state index in [1.54, 1.807) is 11.9 Å². The number of nitrogens with zero attached hydrogens (tertiary/aromatic N) is 4. The molecule has 2 amide bonds. The number of carbonyl (C=O) groups excluding carboxylic acids is 2. The Hall–Kier alpha value is -0.930. The van der Waals surface area contributed by atoms with E-state index in [1.165, 1.54) is 34.6 Å². The monoisotopic (exact) mass is 360 g/mol. The highest BCUT2D eigenvalue weighted by molar-refractivity contribution is 8.14. The van der Waals surface area contributed by atoms with Gasteiger partial charge >= 0.3 is 6.09 Å². The van der Waals surface area contributed by atoms with Crippen molar-refractivity contribution in [2.75, 3.05) is 32.4 Å². The Labute approximate surface area is 146 Å². The van der Waals surface area contributed by atoms with E-state index >= 15 is 0 Å². The van der Waals surface area contributed by atoms with Crippen LogP contribution in [-0.4, -0.2) is 69.0 Å². The Morgan fingerprint density at radius 3 is 2.70 bits per heavy atom. The van der Waals surface area contributed by atoms with Gasteiger partial charge in [0.05, 0.1) is 12.3 Å². The largest absolute Gasteiger partial charge is 0.446 e. The lowest BCUT2D eigenvalue weighted by molar-refractivity contribution is -0.129. The molecular formula is C14H24N4O3S2. The third-order valence-corrected chi connectivity index (χ3v) is 5.57. The van der Waals surface area contributed by atoms with Gasteiger partial charge < -0.3 is 4.90 Å². The average molecular weight is 361 g/mol. The maximum atomic E-state index is 12.0. The Morgan fingerprint density at radius 2 is 2.04 bits per heavy atom. The van der Waals surface area contributed by atoms with Gasteiger partial charge in [-0.05, 0) is 26.7 Å². The van der Waals surface area contributed by atoms with Crippen molar-refractivity contribution in [3.05, 3.63) is 0 Å². The predicted octanol–water partition coefficient (Wildman–Crippen LogP) is 2.40.